The smallest absolute Gasteiger partial charge is 0.280 e. The van der Waals surface area contributed by atoms with E-state index in [9.17, 15) is 13.6 Å². The molecule has 6 nitrogen and oxygen atoms in total. The molecule has 0 fully saturated rings. The summed E-state index contributed by atoms with van der Waals surface area (Å²) in [6, 6.07) is 9.46. The number of nitrogens with zero attached hydrogens (tertiary/aromatic N) is 1. The molecule has 3 N–H and O–H groups in total. The molecule has 2 aromatic carbocycles. The van der Waals surface area contributed by atoms with E-state index in [0.29, 0.717) is 39.7 Å². The van der Waals surface area contributed by atoms with Gasteiger partial charge in [0.2, 0.25) is 0 Å². The van der Waals surface area contributed by atoms with Gasteiger partial charge in [0, 0.05) is 35.1 Å². The first-order valence-electron chi connectivity index (χ1n) is 11.7. The van der Waals surface area contributed by atoms with E-state index in [1.165, 1.54) is 35.8 Å². The quantitative estimate of drug-likeness (QED) is 0.193. The molecule has 0 radical (unpaired) electrons. The van der Waals surface area contributed by atoms with Gasteiger partial charge in [-0.2, -0.15) is 0 Å². The second kappa shape index (κ2) is 12.9. The summed E-state index contributed by atoms with van der Waals surface area (Å²) in [4.78, 5) is 17.8. The van der Waals surface area contributed by atoms with E-state index in [0.717, 1.165) is 4.88 Å². The maximum atomic E-state index is 14.4. The van der Waals surface area contributed by atoms with Gasteiger partial charge in [-0.15, -0.1) is 11.3 Å². The highest BCUT2D eigenvalue weighted by molar-refractivity contribution is 7.13. The number of hydrogen-bond acceptors (Lipinski definition) is 6. The zero-order valence-corrected chi connectivity index (χ0v) is 22.0. The van der Waals surface area contributed by atoms with Crippen molar-refractivity contribution in [3.05, 3.63) is 99.0 Å². The van der Waals surface area contributed by atoms with Crippen molar-refractivity contribution in [1.29, 1.82) is 5.41 Å². The van der Waals surface area contributed by atoms with Crippen LogP contribution in [-0.4, -0.2) is 29.7 Å². The number of thiazole rings is 1. The van der Waals surface area contributed by atoms with Crippen LogP contribution in [0.5, 0.6) is 5.75 Å². The summed E-state index contributed by atoms with van der Waals surface area (Å²) in [6.07, 6.45) is 6.47. The van der Waals surface area contributed by atoms with Crippen LogP contribution in [-0.2, 0) is 0 Å². The number of nitrogens with one attached hydrogen (secondary N) is 3. The fraction of sp³-hybridized carbons (Fsp3) is 0.250. The third kappa shape index (κ3) is 7.57. The van der Waals surface area contributed by atoms with E-state index >= 15 is 0 Å². The van der Waals surface area contributed by atoms with Crippen LogP contribution in [0.2, 0.25) is 0 Å². The highest BCUT2D eigenvalue weighted by atomic mass is 32.1. The van der Waals surface area contributed by atoms with Gasteiger partial charge in [-0.05, 0) is 69.2 Å². The summed E-state index contributed by atoms with van der Waals surface area (Å²) in [7, 11) is 0. The maximum Gasteiger partial charge on any atom is 0.280 e. The summed E-state index contributed by atoms with van der Waals surface area (Å²) in [5, 5.41) is 14.2. The fourth-order valence-corrected chi connectivity index (χ4v) is 4.19. The number of carbonyl (C=O) groups excluding carboxylic acids is 1. The molecule has 0 aliphatic carbocycles. The average molecular weight is 525 g/mol. The number of rotatable bonds is 11. The summed E-state index contributed by atoms with van der Waals surface area (Å²) in [5.74, 6) is -0.601. The van der Waals surface area contributed by atoms with Gasteiger partial charge in [-0.25, -0.2) is 13.8 Å². The number of ether oxygens (including phenoxy) is 1. The first-order valence-corrected chi connectivity index (χ1v) is 12.6. The van der Waals surface area contributed by atoms with Crippen LogP contribution in [0.1, 0.15) is 51.3 Å². The zero-order chi connectivity index (χ0) is 26.9. The minimum absolute atomic E-state index is 0.331. The highest BCUT2D eigenvalue weighted by Crippen LogP contribution is 2.29. The van der Waals surface area contributed by atoms with Gasteiger partial charge in [0.1, 0.15) is 23.5 Å². The number of aryl methyl sites for hydroxylation is 2. The molecule has 3 rings (SSSR count). The van der Waals surface area contributed by atoms with Crippen LogP contribution in [0.3, 0.4) is 0 Å². The number of allylic oxidation sites excluding steroid dienone is 3. The topological polar surface area (TPSA) is 87.1 Å². The van der Waals surface area contributed by atoms with Crippen molar-refractivity contribution in [3.8, 4) is 5.75 Å². The number of amides is 1. The van der Waals surface area contributed by atoms with Crippen molar-refractivity contribution in [2.24, 2.45) is 0 Å². The molecule has 0 saturated heterocycles. The lowest BCUT2D eigenvalue weighted by molar-refractivity contribution is 0.0881. The van der Waals surface area contributed by atoms with Gasteiger partial charge in [0.05, 0.1) is 6.04 Å². The van der Waals surface area contributed by atoms with Crippen LogP contribution in [0.25, 0.3) is 0 Å². The molecule has 0 aliphatic heterocycles. The number of anilines is 1. The SMILES string of the molecule is C/C=C(F)\C=C/CNc1ccc(O[C@H](c2ccc(C)c(F)c2)C(C)NC(=O)c2ncc(C)s2)cc1C=N. The lowest BCUT2D eigenvalue weighted by Crippen LogP contribution is -2.39. The maximum absolute atomic E-state index is 14.4. The third-order valence-electron chi connectivity index (χ3n) is 5.56. The van der Waals surface area contributed by atoms with Crippen molar-refractivity contribution in [1.82, 2.24) is 10.3 Å². The molecule has 37 heavy (non-hydrogen) atoms. The predicted molar refractivity (Wildman–Crippen MR) is 145 cm³/mol. The van der Waals surface area contributed by atoms with Crippen molar-refractivity contribution < 1.29 is 18.3 Å². The van der Waals surface area contributed by atoms with E-state index < -0.39 is 12.1 Å². The average Bonchev–Trinajstić information content (AvgIpc) is 3.33. The number of carbonyl (C=O) groups is 1. The summed E-state index contributed by atoms with van der Waals surface area (Å²) in [6.45, 7) is 7.31. The van der Waals surface area contributed by atoms with Crippen LogP contribution in [0.4, 0.5) is 14.5 Å². The Labute approximate surface area is 219 Å². The summed E-state index contributed by atoms with van der Waals surface area (Å²) >= 11 is 1.29. The number of halogens is 2. The first kappa shape index (κ1) is 27.7. The Kier molecular flexibility index (Phi) is 9.68. The third-order valence-corrected chi connectivity index (χ3v) is 6.47. The van der Waals surface area contributed by atoms with Crippen LogP contribution < -0.4 is 15.4 Å². The van der Waals surface area contributed by atoms with Gasteiger partial charge in [0.25, 0.3) is 5.91 Å². The fourth-order valence-electron chi connectivity index (χ4n) is 3.53. The molecular weight excluding hydrogens is 494 g/mol. The Morgan fingerprint density at radius 2 is 2.03 bits per heavy atom. The molecule has 0 spiro atoms. The molecule has 1 amide bonds. The number of benzene rings is 2. The van der Waals surface area contributed by atoms with Gasteiger partial charge in [-0.3, -0.25) is 4.79 Å². The van der Waals surface area contributed by atoms with Crippen molar-refractivity contribution in [2.45, 2.75) is 39.8 Å². The zero-order valence-electron chi connectivity index (χ0n) is 21.1. The van der Waals surface area contributed by atoms with E-state index in [2.05, 4.69) is 15.6 Å². The lowest BCUT2D eigenvalue weighted by atomic mass is 10.0. The van der Waals surface area contributed by atoms with Gasteiger partial charge in [0.15, 0.2) is 5.01 Å². The van der Waals surface area contributed by atoms with Crippen molar-refractivity contribution in [3.63, 3.8) is 0 Å². The predicted octanol–water partition coefficient (Wildman–Crippen LogP) is 6.68. The van der Waals surface area contributed by atoms with Crippen LogP contribution in [0.15, 0.2) is 66.6 Å². The first-order chi connectivity index (χ1) is 17.7. The highest BCUT2D eigenvalue weighted by Gasteiger charge is 2.25. The molecule has 0 aliphatic rings. The molecule has 0 saturated carbocycles. The molecule has 1 aromatic heterocycles. The molecule has 3 aromatic rings. The molecule has 2 atom stereocenters. The van der Waals surface area contributed by atoms with Gasteiger partial charge in [-0.1, -0.05) is 24.3 Å². The molecule has 0 bridgehead atoms. The van der Waals surface area contributed by atoms with Gasteiger partial charge < -0.3 is 20.8 Å². The summed E-state index contributed by atoms with van der Waals surface area (Å²) < 4.78 is 34.0. The minimum atomic E-state index is -0.718. The number of hydrogen-bond donors (Lipinski definition) is 3. The number of aromatic nitrogens is 1. The monoisotopic (exact) mass is 524 g/mol. The molecule has 1 unspecified atom stereocenters. The Balaban J connectivity index is 1.83. The van der Waals surface area contributed by atoms with Gasteiger partial charge >= 0.3 is 0 Å². The molecule has 9 heteroatoms. The van der Waals surface area contributed by atoms with Crippen LogP contribution in [0, 0.1) is 25.1 Å². The Morgan fingerprint density at radius 3 is 2.68 bits per heavy atom. The lowest BCUT2D eigenvalue weighted by Gasteiger charge is -2.27. The second-order valence-corrected chi connectivity index (χ2v) is 9.67. The van der Waals surface area contributed by atoms with E-state index in [1.807, 2.05) is 6.92 Å². The van der Waals surface area contributed by atoms with E-state index in [1.54, 1.807) is 63.4 Å². The molecule has 1 heterocycles. The standard InChI is InChI=1S/C28H30F2N4O2S/c1-5-22(29)7-6-12-32-25-11-10-23(13-21(25)15-31)36-26(20-9-8-17(2)24(30)14-20)19(4)34-27(35)28-33-16-18(3)37-28/h5-11,13-16,19,26,31-32H,12H2,1-4H3,(H,34,35)/b7-6-,22-5+,31-15?/t19?,26-/m0/s1. The Hall–Kier alpha value is -3.85. The summed E-state index contributed by atoms with van der Waals surface area (Å²) in [5.41, 5.74) is 2.29. The Bertz CT molecular complexity index is 1320. The second-order valence-electron chi connectivity index (χ2n) is 8.44. The van der Waals surface area contributed by atoms with E-state index in [-0.39, 0.29) is 17.6 Å². The Morgan fingerprint density at radius 1 is 1.24 bits per heavy atom. The molecule has 194 valence electrons. The minimum Gasteiger partial charge on any atom is -0.484 e. The molecular formula is C28H30F2N4O2S. The normalized spacial score (nSPS) is 13.3. The van der Waals surface area contributed by atoms with Crippen molar-refractivity contribution in [2.75, 3.05) is 11.9 Å². The van der Waals surface area contributed by atoms with Crippen LogP contribution >= 0.6 is 11.3 Å². The van der Waals surface area contributed by atoms with E-state index in [4.69, 9.17) is 10.1 Å². The van der Waals surface area contributed by atoms with Crippen molar-refractivity contribution >= 4 is 29.1 Å². The largest absolute Gasteiger partial charge is 0.484 e.